The van der Waals surface area contributed by atoms with Gasteiger partial charge in [-0.15, -0.1) is 0 Å². The molecule has 7 heteroatoms. The first kappa shape index (κ1) is 20.0. The van der Waals surface area contributed by atoms with E-state index in [0.29, 0.717) is 0 Å². The second-order valence-corrected chi connectivity index (χ2v) is 14.8. The lowest BCUT2D eigenvalue weighted by molar-refractivity contribution is -0.174. The number of carboxylic acid groups (broad SMARTS) is 1. The summed E-state index contributed by atoms with van der Waals surface area (Å²) in [4.78, 5) is 25.0. The number of rotatable bonds is 2. The van der Waals surface area contributed by atoms with Gasteiger partial charge in [-0.2, -0.15) is 0 Å². The highest BCUT2D eigenvalue weighted by Gasteiger charge is 2.59. The fourth-order valence-electron chi connectivity index (χ4n) is 2.73. The van der Waals surface area contributed by atoms with Crippen LogP contribution in [0, 0.1) is 0 Å². The SMILES string of the molecule is CC(C)(C)OC(=O)N1CC([Si](C)(C)C(C)(C)C)CC1(O)C(=O)O. The lowest BCUT2D eigenvalue weighted by atomic mass is 10.1. The number of hydrogen-bond acceptors (Lipinski definition) is 4. The predicted molar refractivity (Wildman–Crippen MR) is 91.1 cm³/mol. The molecule has 1 aliphatic heterocycles. The summed E-state index contributed by atoms with van der Waals surface area (Å²) in [6.07, 6.45) is -0.721. The molecule has 134 valence electrons. The van der Waals surface area contributed by atoms with Gasteiger partial charge in [-0.05, 0) is 31.4 Å². The Morgan fingerprint density at radius 2 is 1.65 bits per heavy atom. The van der Waals surface area contributed by atoms with Crippen molar-refractivity contribution in [1.29, 1.82) is 0 Å². The first-order valence-corrected chi connectivity index (χ1v) is 11.1. The van der Waals surface area contributed by atoms with Crippen molar-refractivity contribution in [3.05, 3.63) is 0 Å². The summed E-state index contributed by atoms with van der Waals surface area (Å²) in [6, 6.07) is 0. The molecule has 6 nitrogen and oxygen atoms in total. The van der Waals surface area contributed by atoms with Crippen molar-refractivity contribution in [2.45, 2.75) is 83.0 Å². The molecule has 0 radical (unpaired) electrons. The van der Waals surface area contributed by atoms with Crippen molar-refractivity contribution in [2.75, 3.05) is 6.54 Å². The molecule has 1 amide bonds. The summed E-state index contributed by atoms with van der Waals surface area (Å²) in [7, 11) is -1.93. The van der Waals surface area contributed by atoms with Gasteiger partial charge in [-0.3, -0.25) is 4.90 Å². The molecule has 1 heterocycles. The molecule has 1 fully saturated rings. The smallest absolute Gasteiger partial charge is 0.413 e. The van der Waals surface area contributed by atoms with E-state index in [4.69, 9.17) is 4.74 Å². The molecule has 1 saturated heterocycles. The van der Waals surface area contributed by atoms with Gasteiger partial charge in [-0.25, -0.2) is 9.59 Å². The third-order valence-corrected chi connectivity index (χ3v) is 11.6. The first-order chi connectivity index (χ1) is 10.0. The number of hydrogen-bond donors (Lipinski definition) is 2. The molecule has 2 atom stereocenters. The molecule has 0 aliphatic carbocycles. The maximum absolute atomic E-state index is 12.4. The number of aliphatic carboxylic acids is 1. The van der Waals surface area contributed by atoms with E-state index < -0.39 is 31.5 Å². The maximum Gasteiger partial charge on any atom is 0.413 e. The van der Waals surface area contributed by atoms with Crippen molar-refractivity contribution in [3.63, 3.8) is 0 Å². The molecule has 0 spiro atoms. The monoisotopic (exact) mass is 345 g/mol. The van der Waals surface area contributed by atoms with Crippen molar-refractivity contribution in [3.8, 4) is 0 Å². The van der Waals surface area contributed by atoms with Crippen molar-refractivity contribution >= 4 is 20.1 Å². The Bertz CT molecular complexity index is 492. The number of nitrogens with zero attached hydrogens (tertiary/aromatic N) is 1. The maximum atomic E-state index is 12.4. The van der Waals surface area contributed by atoms with E-state index in [0.717, 1.165) is 4.90 Å². The Labute approximate surface area is 139 Å². The van der Waals surface area contributed by atoms with E-state index in [-0.39, 0.29) is 23.5 Å². The van der Waals surface area contributed by atoms with E-state index in [1.54, 1.807) is 20.8 Å². The average molecular weight is 346 g/mol. The largest absolute Gasteiger partial charge is 0.478 e. The molecule has 1 rings (SSSR count). The van der Waals surface area contributed by atoms with Crippen LogP contribution in [0.5, 0.6) is 0 Å². The van der Waals surface area contributed by atoms with Gasteiger partial charge in [-0.1, -0.05) is 33.9 Å². The van der Waals surface area contributed by atoms with Gasteiger partial charge in [0.1, 0.15) is 5.60 Å². The number of carbonyl (C=O) groups is 2. The van der Waals surface area contributed by atoms with Crippen LogP contribution in [0.2, 0.25) is 23.7 Å². The Hall–Kier alpha value is -1.08. The molecule has 2 unspecified atom stereocenters. The van der Waals surface area contributed by atoms with Crippen LogP contribution in [-0.4, -0.2) is 53.1 Å². The van der Waals surface area contributed by atoms with Gasteiger partial charge in [0.2, 0.25) is 5.72 Å². The Kier molecular flexibility index (Phi) is 5.01. The van der Waals surface area contributed by atoms with Gasteiger partial charge in [0, 0.05) is 13.0 Å². The highest BCUT2D eigenvalue weighted by Crippen LogP contribution is 2.50. The number of carboxylic acids is 1. The summed E-state index contributed by atoms with van der Waals surface area (Å²) in [5.74, 6) is -1.40. The highest BCUT2D eigenvalue weighted by molar-refractivity contribution is 6.81. The summed E-state index contributed by atoms with van der Waals surface area (Å²) in [5.41, 5.74) is -2.95. The zero-order chi connectivity index (χ0) is 18.4. The molecule has 0 bridgehead atoms. The summed E-state index contributed by atoms with van der Waals surface area (Å²) < 4.78 is 5.29. The fraction of sp³-hybridized carbons (Fsp3) is 0.875. The molecular formula is C16H31NO5Si. The van der Waals surface area contributed by atoms with Crippen LogP contribution < -0.4 is 0 Å². The lowest BCUT2D eigenvalue weighted by Gasteiger charge is -2.41. The molecule has 23 heavy (non-hydrogen) atoms. The Morgan fingerprint density at radius 1 is 1.17 bits per heavy atom. The number of aliphatic hydroxyl groups is 1. The summed E-state index contributed by atoms with van der Waals surface area (Å²) >= 11 is 0. The quantitative estimate of drug-likeness (QED) is 0.750. The Balaban J connectivity index is 3.16. The zero-order valence-corrected chi connectivity index (χ0v) is 16.6. The first-order valence-electron chi connectivity index (χ1n) is 7.99. The van der Waals surface area contributed by atoms with Gasteiger partial charge in [0.25, 0.3) is 0 Å². The normalized spacial score (nSPS) is 26.3. The van der Waals surface area contributed by atoms with E-state index in [1.165, 1.54) is 0 Å². The van der Waals surface area contributed by atoms with Gasteiger partial charge < -0.3 is 14.9 Å². The molecular weight excluding hydrogens is 314 g/mol. The molecule has 0 aromatic rings. The highest BCUT2D eigenvalue weighted by atomic mass is 28.3. The second kappa shape index (κ2) is 5.77. The van der Waals surface area contributed by atoms with E-state index in [1.807, 2.05) is 0 Å². The van der Waals surface area contributed by atoms with Gasteiger partial charge >= 0.3 is 12.1 Å². The van der Waals surface area contributed by atoms with Gasteiger partial charge in [0.05, 0.1) is 8.07 Å². The fourth-order valence-corrected chi connectivity index (χ4v) is 5.39. The minimum Gasteiger partial charge on any atom is -0.478 e. The number of carbonyl (C=O) groups excluding carboxylic acids is 1. The summed E-state index contributed by atoms with van der Waals surface area (Å²) in [6.45, 7) is 16.1. The van der Waals surface area contributed by atoms with E-state index in [2.05, 4.69) is 33.9 Å². The van der Waals surface area contributed by atoms with E-state index >= 15 is 0 Å². The van der Waals surface area contributed by atoms with Crippen molar-refractivity contribution in [2.24, 2.45) is 0 Å². The Morgan fingerprint density at radius 3 is 2.00 bits per heavy atom. The van der Waals surface area contributed by atoms with Crippen LogP contribution in [-0.2, 0) is 9.53 Å². The minimum absolute atomic E-state index is 0.0175. The van der Waals surface area contributed by atoms with Crippen LogP contribution in [0.3, 0.4) is 0 Å². The van der Waals surface area contributed by atoms with E-state index in [9.17, 15) is 19.8 Å². The lowest BCUT2D eigenvalue weighted by Crippen LogP contribution is -2.54. The third-order valence-electron chi connectivity index (χ3n) is 5.29. The molecule has 2 N–H and O–H groups in total. The van der Waals surface area contributed by atoms with Crippen LogP contribution in [0.25, 0.3) is 0 Å². The van der Waals surface area contributed by atoms with Crippen molar-refractivity contribution < 1.29 is 24.5 Å². The number of ether oxygens (including phenoxy) is 1. The topological polar surface area (TPSA) is 87.1 Å². The van der Waals surface area contributed by atoms with Crippen molar-refractivity contribution in [1.82, 2.24) is 4.90 Å². The molecule has 0 saturated carbocycles. The van der Waals surface area contributed by atoms with Gasteiger partial charge in [0.15, 0.2) is 0 Å². The third kappa shape index (κ3) is 3.88. The second-order valence-electron chi connectivity index (χ2n) is 9.09. The van der Waals surface area contributed by atoms with Crippen LogP contribution in [0.4, 0.5) is 4.79 Å². The number of likely N-dealkylation sites (tertiary alicyclic amines) is 1. The zero-order valence-electron chi connectivity index (χ0n) is 15.6. The predicted octanol–water partition coefficient (Wildman–Crippen LogP) is 3.28. The minimum atomic E-state index is -2.19. The standard InChI is InChI=1S/C16H31NO5Si/c1-14(2,3)22-13(20)17-10-11(9-16(17,21)12(18)19)23(7,8)15(4,5)6/h11,21H,9-10H2,1-8H3,(H,18,19). The average Bonchev–Trinajstić information content (AvgIpc) is 2.65. The number of amides is 1. The molecule has 0 aromatic heterocycles. The molecule has 0 aromatic carbocycles. The summed E-state index contributed by atoms with van der Waals surface area (Å²) in [5, 5.41) is 20.2. The van der Waals surface area contributed by atoms with Crippen LogP contribution in [0.1, 0.15) is 48.0 Å². The van der Waals surface area contributed by atoms with Crippen LogP contribution >= 0.6 is 0 Å². The molecule has 1 aliphatic rings. The van der Waals surface area contributed by atoms with Crippen LogP contribution in [0.15, 0.2) is 0 Å².